The van der Waals surface area contributed by atoms with Crippen LogP contribution in [-0.2, 0) is 11.8 Å². The molecule has 1 aliphatic rings. The topological polar surface area (TPSA) is 21.3 Å². The number of furan rings is 1. The average Bonchev–Trinajstić information content (AvgIpc) is 3.84. The molecule has 0 aliphatic heterocycles. The quantitative estimate of drug-likeness (QED) is 0.179. The van der Waals surface area contributed by atoms with Crippen LogP contribution in [0.15, 0.2) is 168 Å². The van der Waals surface area contributed by atoms with Crippen molar-refractivity contribution in [3.8, 4) is 16.8 Å². The first kappa shape index (κ1) is 31.0. The molecular weight excluding hydrogens is 657 g/mol. The van der Waals surface area contributed by atoms with Gasteiger partial charge in [0.05, 0.1) is 16.7 Å². The Labute approximate surface area is 314 Å². The van der Waals surface area contributed by atoms with Gasteiger partial charge in [0, 0.05) is 54.8 Å². The van der Waals surface area contributed by atoms with Crippen LogP contribution in [0, 0.1) is 0 Å². The number of fused-ring (bicyclic) bond motifs is 11. The fourth-order valence-electron chi connectivity index (χ4n) is 9.39. The van der Waals surface area contributed by atoms with Gasteiger partial charge in [-0.3, -0.25) is 0 Å². The molecule has 8 aromatic carbocycles. The van der Waals surface area contributed by atoms with E-state index in [9.17, 15) is 0 Å². The van der Waals surface area contributed by atoms with E-state index in [4.69, 9.17) is 4.42 Å². The first-order valence-electron chi connectivity index (χ1n) is 19.0. The van der Waals surface area contributed by atoms with Crippen LogP contribution in [0.2, 0.25) is 0 Å². The number of nitrogens with zero attached hydrogens (tertiary/aromatic N) is 2. The van der Waals surface area contributed by atoms with E-state index in [1.54, 1.807) is 0 Å². The van der Waals surface area contributed by atoms with Crippen molar-refractivity contribution in [1.82, 2.24) is 4.57 Å². The number of benzene rings is 8. The van der Waals surface area contributed by atoms with Crippen molar-refractivity contribution in [1.29, 1.82) is 0 Å². The van der Waals surface area contributed by atoms with Gasteiger partial charge in [0.25, 0.3) is 0 Å². The van der Waals surface area contributed by atoms with Gasteiger partial charge in [-0.15, -0.1) is 0 Å². The number of hydrogen-bond acceptors (Lipinski definition) is 2. The number of aryl methyl sites for hydroxylation is 1. The predicted molar refractivity (Wildman–Crippen MR) is 227 cm³/mol. The summed E-state index contributed by atoms with van der Waals surface area (Å²) in [5, 5.41) is 7.09. The van der Waals surface area contributed by atoms with Gasteiger partial charge >= 0.3 is 0 Å². The van der Waals surface area contributed by atoms with Crippen LogP contribution in [0.3, 0.4) is 0 Å². The lowest BCUT2D eigenvalue weighted by atomic mass is 9.82. The molecule has 3 heteroatoms. The number of para-hydroxylation sites is 2. The minimum Gasteiger partial charge on any atom is -0.455 e. The second-order valence-corrected chi connectivity index (χ2v) is 15.2. The number of aromatic nitrogens is 1. The molecule has 2 aromatic heterocycles. The van der Waals surface area contributed by atoms with Crippen molar-refractivity contribution < 1.29 is 4.42 Å². The van der Waals surface area contributed by atoms with Crippen molar-refractivity contribution in [3.63, 3.8) is 0 Å². The highest BCUT2D eigenvalue weighted by molar-refractivity contribution is 6.20. The molecule has 0 amide bonds. The lowest BCUT2D eigenvalue weighted by molar-refractivity contribution is 0.660. The van der Waals surface area contributed by atoms with E-state index in [0.717, 1.165) is 56.5 Å². The largest absolute Gasteiger partial charge is 0.455 e. The summed E-state index contributed by atoms with van der Waals surface area (Å²) in [7, 11) is 0. The zero-order valence-electron chi connectivity index (χ0n) is 30.6. The minimum atomic E-state index is -0.139. The van der Waals surface area contributed by atoms with Gasteiger partial charge in [0.2, 0.25) is 0 Å². The van der Waals surface area contributed by atoms with Crippen molar-refractivity contribution >= 4 is 71.6 Å². The molecule has 258 valence electrons. The maximum atomic E-state index is 6.71. The molecule has 0 N–H and O–H groups in total. The summed E-state index contributed by atoms with van der Waals surface area (Å²) in [6.07, 6.45) is 0.930. The van der Waals surface area contributed by atoms with Crippen LogP contribution in [0.1, 0.15) is 37.5 Å². The highest BCUT2D eigenvalue weighted by Crippen LogP contribution is 2.52. The van der Waals surface area contributed by atoms with Gasteiger partial charge in [0.15, 0.2) is 0 Å². The summed E-state index contributed by atoms with van der Waals surface area (Å²) >= 11 is 0. The summed E-state index contributed by atoms with van der Waals surface area (Å²) in [4.78, 5) is 2.49. The smallest absolute Gasteiger partial charge is 0.143 e. The number of rotatable bonds is 5. The van der Waals surface area contributed by atoms with Gasteiger partial charge in [0.1, 0.15) is 11.2 Å². The fraction of sp³-hybridized carbons (Fsp3) is 0.0980. The molecule has 1 aliphatic carbocycles. The summed E-state index contributed by atoms with van der Waals surface area (Å²) in [5.74, 6) is 0. The van der Waals surface area contributed by atoms with Crippen molar-refractivity contribution in [2.45, 2.75) is 32.6 Å². The van der Waals surface area contributed by atoms with Gasteiger partial charge in [-0.2, -0.15) is 0 Å². The van der Waals surface area contributed by atoms with Crippen LogP contribution in [0.25, 0.3) is 71.3 Å². The van der Waals surface area contributed by atoms with Gasteiger partial charge in [-0.25, -0.2) is 0 Å². The fourth-order valence-corrected chi connectivity index (χ4v) is 9.39. The van der Waals surface area contributed by atoms with Crippen molar-refractivity contribution in [3.05, 3.63) is 180 Å². The van der Waals surface area contributed by atoms with Crippen LogP contribution >= 0.6 is 0 Å². The standard InChI is InChI=1S/C51H38N2O/c1-4-32-15-14-24-48-49(32)42-31-47(39-20-8-9-21-41(39)50(42)54-48)52(34-25-27-37-36-18-10-12-22-43(36)51(2,3)44(37)29-34)35-26-28-40-38-19-11-13-23-45(38)53(46(40)30-35)33-16-6-5-7-17-33/h5-31H,4H2,1-3H3. The Balaban J connectivity index is 1.25. The summed E-state index contributed by atoms with van der Waals surface area (Å²) < 4.78 is 9.12. The Hall–Kier alpha value is -6.58. The molecule has 10 aromatic rings. The van der Waals surface area contributed by atoms with Crippen LogP contribution in [0.5, 0.6) is 0 Å². The molecule has 0 saturated carbocycles. The zero-order valence-corrected chi connectivity index (χ0v) is 30.6. The first-order chi connectivity index (χ1) is 26.5. The third-order valence-corrected chi connectivity index (χ3v) is 11.9. The molecule has 2 heterocycles. The highest BCUT2D eigenvalue weighted by Gasteiger charge is 2.36. The van der Waals surface area contributed by atoms with Gasteiger partial charge in [-0.05, 0) is 88.8 Å². The Morgan fingerprint density at radius 2 is 1.22 bits per heavy atom. The highest BCUT2D eigenvalue weighted by atomic mass is 16.3. The van der Waals surface area contributed by atoms with Crippen LogP contribution in [0.4, 0.5) is 17.1 Å². The number of hydrogen-bond donors (Lipinski definition) is 0. The number of anilines is 3. The van der Waals surface area contributed by atoms with E-state index in [0.29, 0.717) is 0 Å². The zero-order chi connectivity index (χ0) is 36.1. The average molecular weight is 695 g/mol. The molecule has 3 nitrogen and oxygen atoms in total. The Bertz CT molecular complexity index is 3130. The van der Waals surface area contributed by atoms with Gasteiger partial charge < -0.3 is 13.9 Å². The lowest BCUT2D eigenvalue weighted by Gasteiger charge is -2.29. The summed E-state index contributed by atoms with van der Waals surface area (Å²) in [6, 6.07) is 60.1. The molecular formula is C51H38N2O. The molecule has 0 radical (unpaired) electrons. The molecule has 11 rings (SSSR count). The van der Waals surface area contributed by atoms with Gasteiger partial charge in [-0.1, -0.05) is 130 Å². The summed E-state index contributed by atoms with van der Waals surface area (Å²) in [6.45, 7) is 6.95. The molecule has 0 bridgehead atoms. The lowest BCUT2D eigenvalue weighted by Crippen LogP contribution is -2.16. The second kappa shape index (κ2) is 11.5. The maximum absolute atomic E-state index is 6.71. The van der Waals surface area contributed by atoms with E-state index in [2.05, 4.69) is 194 Å². The van der Waals surface area contributed by atoms with Crippen LogP contribution < -0.4 is 4.90 Å². The third-order valence-electron chi connectivity index (χ3n) is 11.9. The molecule has 0 spiro atoms. The summed E-state index contributed by atoms with van der Waals surface area (Å²) in [5.41, 5.74) is 15.3. The molecule has 0 saturated heterocycles. The molecule has 0 fully saturated rings. The molecule has 0 atom stereocenters. The molecule has 54 heavy (non-hydrogen) atoms. The Morgan fingerprint density at radius 1 is 0.537 bits per heavy atom. The Morgan fingerprint density at radius 3 is 2.07 bits per heavy atom. The van der Waals surface area contributed by atoms with E-state index < -0.39 is 0 Å². The van der Waals surface area contributed by atoms with Crippen LogP contribution in [-0.4, -0.2) is 4.57 Å². The second-order valence-electron chi connectivity index (χ2n) is 15.2. The normalized spacial score (nSPS) is 13.3. The SMILES string of the molecule is CCc1cccc2oc3c4ccccc4c(N(c4ccc5c(c4)C(C)(C)c4ccccc4-5)c4ccc5c6ccccc6n(-c6ccccc6)c5c4)cc3c12. The predicted octanol–water partition coefficient (Wildman–Crippen LogP) is 14.2. The van der Waals surface area contributed by atoms with E-state index >= 15 is 0 Å². The van der Waals surface area contributed by atoms with Crippen molar-refractivity contribution in [2.24, 2.45) is 0 Å². The molecule has 0 unspecified atom stereocenters. The first-order valence-corrected chi connectivity index (χ1v) is 19.0. The monoisotopic (exact) mass is 694 g/mol. The van der Waals surface area contributed by atoms with E-state index in [1.807, 2.05) is 0 Å². The minimum absolute atomic E-state index is 0.139. The van der Waals surface area contributed by atoms with Crippen molar-refractivity contribution in [2.75, 3.05) is 4.90 Å². The third kappa shape index (κ3) is 4.30. The Kier molecular flexibility index (Phi) is 6.58. The van der Waals surface area contributed by atoms with E-state index in [-0.39, 0.29) is 5.41 Å². The maximum Gasteiger partial charge on any atom is 0.143 e. The van der Waals surface area contributed by atoms with E-state index in [1.165, 1.54) is 55.0 Å².